The van der Waals surface area contributed by atoms with Crippen molar-refractivity contribution in [2.24, 2.45) is 5.10 Å². The largest absolute Gasteiger partial charge is 0.506 e. The van der Waals surface area contributed by atoms with Crippen LogP contribution in [0.4, 0.5) is 0 Å². The van der Waals surface area contributed by atoms with E-state index < -0.39 is 5.91 Å². The van der Waals surface area contributed by atoms with Gasteiger partial charge in [0.25, 0.3) is 5.91 Å². The summed E-state index contributed by atoms with van der Waals surface area (Å²) in [5.74, 6) is -1.11. The molecular weight excluding hydrogens is 467 g/mol. The second-order valence-corrected chi connectivity index (χ2v) is 8.29. The first kappa shape index (κ1) is 24.2. The smallest absolute Gasteiger partial charge is 0.272 e. The number of phenolic OH excluding ortho intramolecular Hbond substituents is 3. The number of carbonyl (C=O) groups is 1. The first-order chi connectivity index (χ1) is 15.7. The van der Waals surface area contributed by atoms with Crippen molar-refractivity contribution >= 4 is 35.3 Å². The minimum atomic E-state index is -0.657. The molecule has 0 aliphatic heterocycles. The molecular formula is C24H22Cl2N2O5. The maximum Gasteiger partial charge on any atom is 0.272 e. The normalized spacial score (nSPS) is 11.2. The Hall–Kier alpha value is -3.42. The lowest BCUT2D eigenvalue weighted by atomic mass is 10.0. The molecule has 0 spiro atoms. The van der Waals surface area contributed by atoms with Crippen molar-refractivity contribution in [2.45, 2.75) is 26.4 Å². The number of nitrogens with one attached hydrogen (secondary N) is 1. The Kier molecular flexibility index (Phi) is 7.68. The van der Waals surface area contributed by atoms with Crippen LogP contribution in [0.15, 0.2) is 53.6 Å². The molecule has 33 heavy (non-hydrogen) atoms. The number of hydrogen-bond donors (Lipinski definition) is 4. The molecule has 0 unspecified atom stereocenters. The number of nitrogens with zero attached hydrogens (tertiary/aromatic N) is 1. The highest BCUT2D eigenvalue weighted by Gasteiger charge is 2.15. The number of rotatable bonds is 7. The lowest BCUT2D eigenvalue weighted by Crippen LogP contribution is -2.18. The molecule has 3 aromatic carbocycles. The second kappa shape index (κ2) is 10.5. The summed E-state index contributed by atoms with van der Waals surface area (Å²) in [7, 11) is 0. The Bertz CT molecular complexity index is 1170. The Labute approximate surface area is 200 Å². The predicted octanol–water partition coefficient (Wildman–Crippen LogP) is 5.58. The van der Waals surface area contributed by atoms with Crippen LogP contribution >= 0.6 is 23.2 Å². The van der Waals surface area contributed by atoms with E-state index in [1.165, 1.54) is 36.0 Å². The summed E-state index contributed by atoms with van der Waals surface area (Å²) >= 11 is 11.8. The van der Waals surface area contributed by atoms with Gasteiger partial charge in [0.1, 0.15) is 17.4 Å². The lowest BCUT2D eigenvalue weighted by molar-refractivity contribution is 0.0955. The van der Waals surface area contributed by atoms with Gasteiger partial charge >= 0.3 is 0 Å². The molecule has 3 aromatic rings. The zero-order chi connectivity index (χ0) is 24.1. The fourth-order valence-corrected chi connectivity index (χ4v) is 3.35. The van der Waals surface area contributed by atoms with Crippen molar-refractivity contribution in [3.8, 4) is 23.0 Å². The number of amides is 1. The third-order valence-electron chi connectivity index (χ3n) is 4.79. The topological polar surface area (TPSA) is 111 Å². The monoisotopic (exact) mass is 488 g/mol. The highest BCUT2D eigenvalue weighted by Crippen LogP contribution is 2.37. The van der Waals surface area contributed by atoms with E-state index in [1.54, 1.807) is 0 Å². The summed E-state index contributed by atoms with van der Waals surface area (Å²) in [4.78, 5) is 12.2. The van der Waals surface area contributed by atoms with Crippen LogP contribution in [-0.4, -0.2) is 27.4 Å². The average Bonchev–Trinajstić information content (AvgIpc) is 2.77. The van der Waals surface area contributed by atoms with E-state index in [-0.39, 0.29) is 45.2 Å². The number of benzene rings is 3. The quantitative estimate of drug-likeness (QED) is 0.256. The van der Waals surface area contributed by atoms with Gasteiger partial charge in [-0.3, -0.25) is 4.79 Å². The van der Waals surface area contributed by atoms with Crippen molar-refractivity contribution in [1.82, 2.24) is 5.43 Å². The molecule has 0 heterocycles. The molecule has 3 rings (SSSR count). The summed E-state index contributed by atoms with van der Waals surface area (Å²) < 4.78 is 5.58. The molecule has 1 amide bonds. The highest BCUT2D eigenvalue weighted by molar-refractivity contribution is 6.44. The number of hydrogen-bond acceptors (Lipinski definition) is 6. The van der Waals surface area contributed by atoms with E-state index in [0.717, 1.165) is 5.56 Å². The first-order valence-corrected chi connectivity index (χ1v) is 10.7. The van der Waals surface area contributed by atoms with Crippen LogP contribution in [0.25, 0.3) is 0 Å². The highest BCUT2D eigenvalue weighted by atomic mass is 35.5. The molecule has 0 bridgehead atoms. The Morgan fingerprint density at radius 2 is 1.64 bits per heavy atom. The number of ether oxygens (including phenoxy) is 1. The predicted molar refractivity (Wildman–Crippen MR) is 128 cm³/mol. The van der Waals surface area contributed by atoms with E-state index >= 15 is 0 Å². The summed E-state index contributed by atoms with van der Waals surface area (Å²) in [6.45, 7) is 4.38. The van der Waals surface area contributed by atoms with Crippen LogP contribution in [0.1, 0.15) is 46.8 Å². The van der Waals surface area contributed by atoms with Crippen LogP contribution < -0.4 is 10.2 Å². The minimum absolute atomic E-state index is 0.0208. The third-order valence-corrected chi connectivity index (χ3v) is 5.66. The van der Waals surface area contributed by atoms with Gasteiger partial charge in [0.05, 0.1) is 16.8 Å². The molecule has 0 saturated carbocycles. The molecule has 0 aliphatic carbocycles. The number of aromatic hydroxyl groups is 3. The fourth-order valence-electron chi connectivity index (χ4n) is 2.94. The fraction of sp³-hybridized carbons (Fsp3) is 0.167. The molecule has 7 nitrogen and oxygen atoms in total. The van der Waals surface area contributed by atoms with Gasteiger partial charge in [-0.25, -0.2) is 5.43 Å². The molecule has 4 N–H and O–H groups in total. The Morgan fingerprint density at radius 3 is 2.24 bits per heavy atom. The van der Waals surface area contributed by atoms with Crippen molar-refractivity contribution in [3.05, 3.63) is 80.8 Å². The molecule has 0 aromatic heterocycles. The Balaban J connectivity index is 1.65. The summed E-state index contributed by atoms with van der Waals surface area (Å²) in [5, 5.41) is 33.5. The zero-order valence-corrected chi connectivity index (χ0v) is 19.4. The number of carbonyl (C=O) groups excluding carboxylic acids is 1. The molecule has 0 atom stereocenters. The van der Waals surface area contributed by atoms with Crippen molar-refractivity contribution in [1.29, 1.82) is 0 Å². The van der Waals surface area contributed by atoms with Gasteiger partial charge in [0.2, 0.25) is 5.75 Å². The molecule has 0 saturated heterocycles. The van der Waals surface area contributed by atoms with E-state index in [0.29, 0.717) is 11.5 Å². The summed E-state index contributed by atoms with van der Waals surface area (Å²) in [5.41, 5.74) is 4.69. The van der Waals surface area contributed by atoms with Crippen LogP contribution in [-0.2, 0) is 6.61 Å². The first-order valence-electron chi connectivity index (χ1n) is 9.95. The summed E-state index contributed by atoms with van der Waals surface area (Å²) in [6, 6.07) is 13.1. The number of phenols is 3. The molecule has 0 fully saturated rings. The van der Waals surface area contributed by atoms with Gasteiger partial charge in [0.15, 0.2) is 11.5 Å². The van der Waals surface area contributed by atoms with Crippen molar-refractivity contribution < 1.29 is 24.9 Å². The van der Waals surface area contributed by atoms with E-state index in [4.69, 9.17) is 27.9 Å². The number of hydrazone groups is 1. The molecule has 9 heteroatoms. The molecule has 0 aliphatic rings. The summed E-state index contributed by atoms with van der Waals surface area (Å²) in [6.07, 6.45) is 1.22. The van der Waals surface area contributed by atoms with Crippen LogP contribution in [0.5, 0.6) is 23.0 Å². The minimum Gasteiger partial charge on any atom is -0.506 e. The average molecular weight is 489 g/mol. The van der Waals surface area contributed by atoms with E-state index in [9.17, 15) is 20.1 Å². The molecule has 0 radical (unpaired) electrons. The van der Waals surface area contributed by atoms with E-state index in [1.807, 2.05) is 24.3 Å². The standard InChI is InChI=1S/C24H22Cl2N2O5/c1-13(2)16-5-3-14(4-6-16)12-33-23-19(30)9-15(10-20(23)31)11-27-28-24(32)17-7-8-18(29)22(26)21(17)25/h3-11,13,29-31H,12H2,1-2H3,(H,28,32)/b27-11+. The van der Waals surface area contributed by atoms with Crippen LogP contribution in [0, 0.1) is 0 Å². The maximum atomic E-state index is 12.2. The maximum absolute atomic E-state index is 12.2. The van der Waals surface area contributed by atoms with Crippen molar-refractivity contribution in [2.75, 3.05) is 0 Å². The van der Waals surface area contributed by atoms with Crippen molar-refractivity contribution in [3.63, 3.8) is 0 Å². The van der Waals surface area contributed by atoms with Gasteiger partial charge in [-0.15, -0.1) is 0 Å². The number of halogens is 2. The van der Waals surface area contributed by atoms with Gasteiger partial charge in [-0.05, 0) is 41.3 Å². The van der Waals surface area contributed by atoms with Crippen LogP contribution in [0.3, 0.4) is 0 Å². The van der Waals surface area contributed by atoms with E-state index in [2.05, 4.69) is 24.4 Å². The lowest BCUT2D eigenvalue weighted by Gasteiger charge is -2.12. The van der Waals surface area contributed by atoms with Gasteiger partial charge in [-0.1, -0.05) is 61.3 Å². The SMILES string of the molecule is CC(C)c1ccc(COc2c(O)cc(/C=N/NC(=O)c3ccc(O)c(Cl)c3Cl)cc2O)cc1. The second-order valence-electron chi connectivity index (χ2n) is 7.53. The zero-order valence-electron chi connectivity index (χ0n) is 17.8. The van der Waals surface area contributed by atoms with Gasteiger partial charge in [0, 0.05) is 5.56 Å². The third kappa shape index (κ3) is 5.88. The molecule has 172 valence electrons. The van der Waals surface area contributed by atoms with Gasteiger partial charge in [-0.2, -0.15) is 5.10 Å². The van der Waals surface area contributed by atoms with Gasteiger partial charge < -0.3 is 20.1 Å². The van der Waals surface area contributed by atoms with Crippen LogP contribution in [0.2, 0.25) is 10.0 Å². The Morgan fingerprint density at radius 1 is 1.00 bits per heavy atom.